The Morgan fingerprint density at radius 1 is 1.46 bits per heavy atom. The van der Waals surface area contributed by atoms with Crippen molar-refractivity contribution in [3.63, 3.8) is 0 Å². The second-order valence-corrected chi connectivity index (χ2v) is 3.52. The van der Waals surface area contributed by atoms with E-state index in [1.54, 1.807) is 0 Å². The molecule has 6 heteroatoms. The highest BCUT2D eigenvalue weighted by molar-refractivity contribution is 5.80. The van der Waals surface area contributed by atoms with Gasteiger partial charge in [-0.2, -0.15) is 0 Å². The van der Waals surface area contributed by atoms with E-state index in [1.807, 2.05) is 12.1 Å². The molecule has 0 radical (unpaired) electrons. The number of piperidine rings is 1. The molecule has 0 atom stereocenters. The average Bonchev–Trinajstić information content (AvgIpc) is 2.53. The molecule has 0 spiro atoms. The Bertz CT molecular complexity index is 207. The first kappa shape index (κ1) is 8.58. The third-order valence-electron chi connectivity index (χ3n) is 2.50. The molecule has 0 aromatic carbocycles. The lowest BCUT2D eigenvalue weighted by Gasteiger charge is -2.32. The quantitative estimate of drug-likeness (QED) is 0.433. The van der Waals surface area contributed by atoms with E-state index in [1.165, 1.54) is 0 Å². The molecule has 0 unspecified atom stereocenters. The molecule has 0 aliphatic carbocycles. The average molecular weight is 184 g/mol. The van der Waals surface area contributed by atoms with Crippen LogP contribution in [0.25, 0.3) is 0 Å². The molecule has 2 heterocycles. The normalized spacial score (nSPS) is 24.6. The minimum absolute atomic E-state index is 0.365. The van der Waals surface area contributed by atoms with Gasteiger partial charge in [0, 0.05) is 26.2 Å². The maximum atomic E-state index is 5.82. The molecule has 0 aromatic heterocycles. The van der Waals surface area contributed by atoms with Gasteiger partial charge in [0.15, 0.2) is 0 Å². The third kappa shape index (κ3) is 1.68. The minimum atomic E-state index is 0.365. The van der Waals surface area contributed by atoms with Crippen LogP contribution in [0.3, 0.4) is 0 Å². The zero-order valence-corrected chi connectivity index (χ0v) is 7.82. The van der Waals surface area contributed by atoms with E-state index in [0.29, 0.717) is 6.04 Å². The van der Waals surface area contributed by atoms with Crippen molar-refractivity contribution in [3.8, 4) is 0 Å². The number of nitrogens with one attached hydrogen (secondary N) is 2. The molecule has 1 saturated heterocycles. The van der Waals surface area contributed by atoms with Crippen molar-refractivity contribution < 1.29 is 0 Å². The van der Waals surface area contributed by atoms with E-state index < -0.39 is 0 Å². The lowest BCUT2D eigenvalue weighted by atomic mass is 10.1. The molecular weight excluding hydrogens is 168 g/mol. The van der Waals surface area contributed by atoms with Gasteiger partial charge in [-0.15, -0.1) is 10.6 Å². The smallest absolute Gasteiger partial charge is 0.236 e. The summed E-state index contributed by atoms with van der Waals surface area (Å²) >= 11 is 0. The van der Waals surface area contributed by atoms with E-state index in [-0.39, 0.29) is 0 Å². The van der Waals surface area contributed by atoms with Gasteiger partial charge in [-0.1, -0.05) is 0 Å². The topological polar surface area (TPSA) is 68.9 Å². The minimum Gasteiger partial charge on any atom is -0.340 e. The number of hydrogen-bond donors (Lipinski definition) is 3. The SMILES string of the molecule is CN1NNN=C1N1CCC(N)CC1. The summed E-state index contributed by atoms with van der Waals surface area (Å²) < 4.78 is 0. The van der Waals surface area contributed by atoms with Crippen molar-refractivity contribution in [2.24, 2.45) is 10.8 Å². The Balaban J connectivity index is 1.94. The van der Waals surface area contributed by atoms with Crippen LogP contribution in [0.5, 0.6) is 0 Å². The molecular formula is C7H16N6. The maximum Gasteiger partial charge on any atom is 0.236 e. The molecule has 2 aliphatic heterocycles. The standard InChI is InChI=1S/C7H16N6/c1-12-7(9-10-11-12)13-4-2-6(8)3-5-13/h6,10-11H,2-5,8H2,1H3. The molecule has 6 nitrogen and oxygen atoms in total. The van der Waals surface area contributed by atoms with Crippen LogP contribution < -0.4 is 16.8 Å². The molecule has 1 fully saturated rings. The summed E-state index contributed by atoms with van der Waals surface area (Å²) in [5.74, 6) is 0.951. The van der Waals surface area contributed by atoms with Crippen molar-refractivity contribution in [1.82, 2.24) is 21.0 Å². The fourth-order valence-electron chi connectivity index (χ4n) is 1.66. The van der Waals surface area contributed by atoms with Crippen LogP contribution in [0, 0.1) is 0 Å². The number of guanidine groups is 1. The van der Waals surface area contributed by atoms with Crippen LogP contribution in [0.15, 0.2) is 5.10 Å². The molecule has 74 valence electrons. The second kappa shape index (κ2) is 3.39. The van der Waals surface area contributed by atoms with Gasteiger partial charge >= 0.3 is 0 Å². The zero-order chi connectivity index (χ0) is 9.26. The zero-order valence-electron chi connectivity index (χ0n) is 7.82. The summed E-state index contributed by atoms with van der Waals surface area (Å²) in [6.07, 6.45) is 2.10. The van der Waals surface area contributed by atoms with Crippen molar-refractivity contribution in [2.75, 3.05) is 20.1 Å². The third-order valence-corrected chi connectivity index (χ3v) is 2.50. The fourth-order valence-corrected chi connectivity index (χ4v) is 1.66. The summed E-state index contributed by atoms with van der Waals surface area (Å²) in [4.78, 5) is 2.23. The Kier molecular flexibility index (Phi) is 2.24. The van der Waals surface area contributed by atoms with Gasteiger partial charge in [0.2, 0.25) is 5.96 Å². The van der Waals surface area contributed by atoms with Gasteiger partial charge < -0.3 is 10.6 Å². The number of rotatable bonds is 0. The summed E-state index contributed by atoms with van der Waals surface area (Å²) in [6, 6.07) is 0.365. The summed E-state index contributed by atoms with van der Waals surface area (Å²) in [7, 11) is 1.94. The predicted molar refractivity (Wildman–Crippen MR) is 50.3 cm³/mol. The van der Waals surface area contributed by atoms with E-state index in [0.717, 1.165) is 31.9 Å². The second-order valence-electron chi connectivity index (χ2n) is 3.52. The molecule has 13 heavy (non-hydrogen) atoms. The first-order chi connectivity index (χ1) is 6.27. The molecule has 0 aromatic rings. The molecule has 2 rings (SSSR count). The van der Waals surface area contributed by atoms with E-state index in [9.17, 15) is 0 Å². The van der Waals surface area contributed by atoms with Crippen molar-refractivity contribution >= 4 is 5.96 Å². The number of nitrogens with zero attached hydrogens (tertiary/aromatic N) is 3. The van der Waals surface area contributed by atoms with E-state index in [2.05, 4.69) is 21.1 Å². The highest BCUT2D eigenvalue weighted by atomic mass is 15.8. The molecule has 2 aliphatic rings. The van der Waals surface area contributed by atoms with Crippen LogP contribution >= 0.6 is 0 Å². The first-order valence-corrected chi connectivity index (χ1v) is 4.60. The highest BCUT2D eigenvalue weighted by Gasteiger charge is 2.23. The van der Waals surface area contributed by atoms with Crippen molar-refractivity contribution in [2.45, 2.75) is 18.9 Å². The van der Waals surface area contributed by atoms with Crippen LogP contribution in [-0.4, -0.2) is 42.0 Å². The van der Waals surface area contributed by atoms with E-state index >= 15 is 0 Å². The van der Waals surface area contributed by atoms with Crippen molar-refractivity contribution in [3.05, 3.63) is 0 Å². The predicted octanol–water partition coefficient (Wildman–Crippen LogP) is -1.36. The Morgan fingerprint density at radius 3 is 2.69 bits per heavy atom. The number of nitrogens with two attached hydrogens (primary N) is 1. The van der Waals surface area contributed by atoms with Gasteiger partial charge in [0.1, 0.15) is 0 Å². The maximum absolute atomic E-state index is 5.82. The Morgan fingerprint density at radius 2 is 2.15 bits per heavy atom. The number of hydrazine groups is 2. The van der Waals surface area contributed by atoms with Crippen LogP contribution in [-0.2, 0) is 0 Å². The summed E-state index contributed by atoms with van der Waals surface area (Å²) in [6.45, 7) is 1.99. The molecule has 0 saturated carbocycles. The lowest BCUT2D eigenvalue weighted by molar-refractivity contribution is 0.260. The molecule has 0 amide bonds. The number of hydrazone groups is 1. The van der Waals surface area contributed by atoms with Gasteiger partial charge in [-0.3, -0.25) is 5.01 Å². The Hall–Kier alpha value is -1.01. The van der Waals surface area contributed by atoms with Crippen LogP contribution in [0.4, 0.5) is 0 Å². The van der Waals surface area contributed by atoms with Gasteiger partial charge in [-0.25, -0.2) is 5.53 Å². The number of likely N-dealkylation sites (tertiary alicyclic amines) is 1. The molecule has 0 bridgehead atoms. The Labute approximate surface area is 77.7 Å². The summed E-state index contributed by atoms with van der Waals surface area (Å²) in [5, 5.41) is 6.00. The number of hydrogen-bond acceptors (Lipinski definition) is 6. The summed E-state index contributed by atoms with van der Waals surface area (Å²) in [5.41, 5.74) is 11.4. The van der Waals surface area contributed by atoms with Gasteiger partial charge in [0.05, 0.1) is 0 Å². The lowest BCUT2D eigenvalue weighted by Crippen LogP contribution is -2.49. The molecule has 4 N–H and O–H groups in total. The highest BCUT2D eigenvalue weighted by Crippen LogP contribution is 2.10. The van der Waals surface area contributed by atoms with Gasteiger partial charge in [0.25, 0.3) is 0 Å². The van der Waals surface area contributed by atoms with Gasteiger partial charge in [-0.05, 0) is 12.8 Å². The van der Waals surface area contributed by atoms with Crippen LogP contribution in [0.1, 0.15) is 12.8 Å². The monoisotopic (exact) mass is 184 g/mol. The first-order valence-electron chi connectivity index (χ1n) is 4.60. The van der Waals surface area contributed by atoms with E-state index in [4.69, 9.17) is 5.73 Å². The largest absolute Gasteiger partial charge is 0.340 e. The van der Waals surface area contributed by atoms with Crippen molar-refractivity contribution in [1.29, 1.82) is 0 Å². The van der Waals surface area contributed by atoms with Crippen LogP contribution in [0.2, 0.25) is 0 Å². The fraction of sp³-hybridized carbons (Fsp3) is 0.857.